The van der Waals surface area contributed by atoms with Crippen molar-refractivity contribution in [2.24, 2.45) is 0 Å². The first-order chi connectivity index (χ1) is 13.0. The smallest absolute Gasteiger partial charge is 0.270 e. The molecule has 2 rings (SSSR count). The first-order valence-electron chi connectivity index (χ1n) is 8.45. The van der Waals surface area contributed by atoms with E-state index in [1.807, 2.05) is 24.0 Å². The summed E-state index contributed by atoms with van der Waals surface area (Å²) in [5.41, 5.74) is 1.23. The SMILES string of the molecule is CCN(CC(=O)Nc1ccccc1OC)Cc1cc([N+](=O)[O-])ccc1OC. The topological polar surface area (TPSA) is 93.9 Å². The molecule has 0 radical (unpaired) electrons. The van der Waals surface area contributed by atoms with Crippen molar-refractivity contribution < 1.29 is 19.2 Å². The van der Waals surface area contributed by atoms with Gasteiger partial charge in [-0.2, -0.15) is 0 Å². The Labute approximate surface area is 157 Å². The molecule has 1 N–H and O–H groups in total. The van der Waals surface area contributed by atoms with Gasteiger partial charge in [0.2, 0.25) is 5.91 Å². The molecule has 0 aliphatic heterocycles. The molecule has 0 fully saturated rings. The number of carbonyl (C=O) groups is 1. The molecule has 8 nitrogen and oxygen atoms in total. The number of nitrogens with one attached hydrogen (secondary N) is 1. The van der Waals surface area contributed by atoms with Crippen molar-refractivity contribution in [2.75, 3.05) is 32.6 Å². The number of carbonyl (C=O) groups excluding carboxylic acids is 1. The standard InChI is InChI=1S/C19H23N3O5/c1-4-21(12-14-11-15(22(24)25)9-10-17(14)26-2)13-19(23)20-16-7-5-6-8-18(16)27-3/h5-11H,4,12-13H2,1-3H3,(H,20,23). The fourth-order valence-electron chi connectivity index (χ4n) is 2.66. The van der Waals surface area contributed by atoms with E-state index in [0.717, 1.165) is 0 Å². The number of amides is 1. The van der Waals surface area contributed by atoms with E-state index in [-0.39, 0.29) is 18.1 Å². The minimum Gasteiger partial charge on any atom is -0.496 e. The van der Waals surface area contributed by atoms with E-state index in [4.69, 9.17) is 9.47 Å². The molecule has 0 heterocycles. The molecule has 0 aromatic heterocycles. The molecule has 2 aromatic carbocycles. The summed E-state index contributed by atoms with van der Waals surface area (Å²) < 4.78 is 10.5. The fraction of sp³-hybridized carbons (Fsp3) is 0.316. The molecular formula is C19H23N3O5. The summed E-state index contributed by atoms with van der Waals surface area (Å²) in [4.78, 5) is 24.9. The van der Waals surface area contributed by atoms with Gasteiger partial charge >= 0.3 is 0 Å². The number of methoxy groups -OCH3 is 2. The van der Waals surface area contributed by atoms with Crippen LogP contribution >= 0.6 is 0 Å². The Bertz CT molecular complexity index is 810. The second-order valence-electron chi connectivity index (χ2n) is 5.80. The molecule has 27 heavy (non-hydrogen) atoms. The first-order valence-corrected chi connectivity index (χ1v) is 8.45. The van der Waals surface area contributed by atoms with Crippen LogP contribution in [0.2, 0.25) is 0 Å². The second kappa shape index (κ2) is 9.54. The van der Waals surface area contributed by atoms with Gasteiger partial charge in [0.25, 0.3) is 5.69 Å². The Morgan fingerprint density at radius 2 is 1.85 bits per heavy atom. The summed E-state index contributed by atoms with van der Waals surface area (Å²) in [7, 11) is 3.05. The monoisotopic (exact) mass is 373 g/mol. The number of non-ortho nitro benzene ring substituents is 1. The highest BCUT2D eigenvalue weighted by atomic mass is 16.6. The van der Waals surface area contributed by atoms with Crippen LogP contribution in [0.25, 0.3) is 0 Å². The second-order valence-corrected chi connectivity index (χ2v) is 5.80. The van der Waals surface area contributed by atoms with Crippen LogP contribution in [0, 0.1) is 10.1 Å². The lowest BCUT2D eigenvalue weighted by atomic mass is 10.1. The molecule has 8 heteroatoms. The zero-order valence-corrected chi connectivity index (χ0v) is 15.6. The molecule has 2 aromatic rings. The minimum absolute atomic E-state index is 0.0136. The van der Waals surface area contributed by atoms with Gasteiger partial charge in [0.15, 0.2) is 0 Å². The lowest BCUT2D eigenvalue weighted by molar-refractivity contribution is -0.384. The zero-order chi connectivity index (χ0) is 19.8. The Hall–Kier alpha value is -3.13. The van der Waals surface area contributed by atoms with Gasteiger partial charge < -0.3 is 14.8 Å². The van der Waals surface area contributed by atoms with Gasteiger partial charge in [-0.3, -0.25) is 19.8 Å². The molecular weight excluding hydrogens is 350 g/mol. The number of para-hydroxylation sites is 2. The fourth-order valence-corrected chi connectivity index (χ4v) is 2.66. The van der Waals surface area contributed by atoms with Crippen molar-refractivity contribution in [3.63, 3.8) is 0 Å². The lowest BCUT2D eigenvalue weighted by Crippen LogP contribution is -2.33. The molecule has 0 aliphatic carbocycles. The van der Waals surface area contributed by atoms with Crippen molar-refractivity contribution in [1.29, 1.82) is 0 Å². The predicted molar refractivity (Wildman–Crippen MR) is 102 cm³/mol. The highest BCUT2D eigenvalue weighted by molar-refractivity contribution is 5.93. The van der Waals surface area contributed by atoms with Crippen molar-refractivity contribution in [2.45, 2.75) is 13.5 Å². The van der Waals surface area contributed by atoms with Gasteiger partial charge in [-0.1, -0.05) is 19.1 Å². The van der Waals surface area contributed by atoms with Gasteiger partial charge in [-0.25, -0.2) is 0 Å². The molecule has 0 saturated carbocycles. The molecule has 144 valence electrons. The molecule has 1 amide bonds. The highest BCUT2D eigenvalue weighted by Crippen LogP contribution is 2.26. The van der Waals surface area contributed by atoms with Gasteiger partial charge in [0.1, 0.15) is 11.5 Å². The summed E-state index contributed by atoms with van der Waals surface area (Å²) in [5.74, 6) is 0.921. The Balaban J connectivity index is 2.10. The third-order valence-corrected chi connectivity index (χ3v) is 4.06. The van der Waals surface area contributed by atoms with Gasteiger partial charge in [-0.15, -0.1) is 0 Å². The van der Waals surface area contributed by atoms with Crippen LogP contribution in [-0.2, 0) is 11.3 Å². The van der Waals surface area contributed by atoms with E-state index >= 15 is 0 Å². The summed E-state index contributed by atoms with van der Waals surface area (Å²) in [6.45, 7) is 2.98. The summed E-state index contributed by atoms with van der Waals surface area (Å²) in [5, 5.41) is 13.8. The summed E-state index contributed by atoms with van der Waals surface area (Å²) >= 11 is 0. The molecule has 0 bridgehead atoms. The quantitative estimate of drug-likeness (QED) is 0.536. The minimum atomic E-state index is -0.451. The summed E-state index contributed by atoms with van der Waals surface area (Å²) in [6, 6.07) is 11.6. The average molecular weight is 373 g/mol. The number of rotatable bonds is 9. The van der Waals surface area contributed by atoms with Crippen LogP contribution in [0.5, 0.6) is 11.5 Å². The largest absolute Gasteiger partial charge is 0.496 e. The number of hydrogen-bond acceptors (Lipinski definition) is 6. The van der Waals surface area contributed by atoms with E-state index in [1.54, 1.807) is 18.2 Å². The van der Waals surface area contributed by atoms with Crippen LogP contribution in [0.1, 0.15) is 12.5 Å². The number of nitro groups is 1. The van der Waals surface area contributed by atoms with E-state index in [9.17, 15) is 14.9 Å². The Kier molecular flexibility index (Phi) is 7.13. The maximum absolute atomic E-state index is 12.4. The maximum Gasteiger partial charge on any atom is 0.270 e. The highest BCUT2D eigenvalue weighted by Gasteiger charge is 2.16. The maximum atomic E-state index is 12.4. The number of anilines is 1. The number of nitrogens with zero attached hydrogens (tertiary/aromatic N) is 2. The number of nitro benzene ring substituents is 1. The van der Waals surface area contributed by atoms with E-state index < -0.39 is 4.92 Å². The van der Waals surface area contributed by atoms with E-state index in [1.165, 1.54) is 26.4 Å². The van der Waals surface area contributed by atoms with Crippen LogP contribution < -0.4 is 14.8 Å². The van der Waals surface area contributed by atoms with Gasteiger partial charge in [0, 0.05) is 24.2 Å². The predicted octanol–water partition coefficient (Wildman–Crippen LogP) is 3.07. The van der Waals surface area contributed by atoms with Crippen LogP contribution in [0.3, 0.4) is 0 Å². The summed E-state index contributed by atoms with van der Waals surface area (Å²) in [6.07, 6.45) is 0. The molecule has 0 spiro atoms. The van der Waals surface area contributed by atoms with Crippen LogP contribution in [-0.4, -0.2) is 43.0 Å². The van der Waals surface area contributed by atoms with E-state index in [0.29, 0.717) is 35.8 Å². The molecule has 0 unspecified atom stereocenters. The third-order valence-electron chi connectivity index (χ3n) is 4.06. The van der Waals surface area contributed by atoms with E-state index in [2.05, 4.69) is 5.32 Å². The van der Waals surface area contributed by atoms with Crippen molar-refractivity contribution in [3.05, 3.63) is 58.1 Å². The Morgan fingerprint density at radius 3 is 2.48 bits per heavy atom. The van der Waals surface area contributed by atoms with Crippen molar-refractivity contribution in [1.82, 2.24) is 4.90 Å². The lowest BCUT2D eigenvalue weighted by Gasteiger charge is -2.21. The number of ether oxygens (including phenoxy) is 2. The molecule has 0 saturated heterocycles. The van der Waals surface area contributed by atoms with Crippen LogP contribution in [0.4, 0.5) is 11.4 Å². The average Bonchev–Trinajstić information content (AvgIpc) is 2.67. The number of likely N-dealkylation sites (N-methyl/N-ethyl adjacent to an activating group) is 1. The number of hydrogen-bond donors (Lipinski definition) is 1. The van der Waals surface area contributed by atoms with Crippen molar-refractivity contribution >= 4 is 17.3 Å². The molecule has 0 aliphatic rings. The Morgan fingerprint density at radius 1 is 1.15 bits per heavy atom. The normalized spacial score (nSPS) is 10.5. The van der Waals surface area contributed by atoms with Crippen molar-refractivity contribution in [3.8, 4) is 11.5 Å². The zero-order valence-electron chi connectivity index (χ0n) is 15.6. The van der Waals surface area contributed by atoms with Crippen LogP contribution in [0.15, 0.2) is 42.5 Å². The third kappa shape index (κ3) is 5.42. The first kappa shape index (κ1) is 20.2. The molecule has 0 atom stereocenters. The van der Waals surface area contributed by atoms with Gasteiger partial charge in [-0.05, 0) is 24.7 Å². The number of benzene rings is 2. The van der Waals surface area contributed by atoms with Gasteiger partial charge in [0.05, 0.1) is 31.4 Å².